The third kappa shape index (κ3) is 8.24. The molecule has 4 heterocycles. The fourth-order valence-electron chi connectivity index (χ4n) is 5.51. The first-order chi connectivity index (χ1) is 24.9. The second-order valence-corrected chi connectivity index (χ2v) is 15.1. The lowest BCUT2D eigenvalue weighted by Gasteiger charge is -2.27. The number of carbonyl (C=O) groups excluding carboxylic acids is 1. The summed E-state index contributed by atoms with van der Waals surface area (Å²) in [7, 11) is -4.89. The number of hydrogen-bond acceptors (Lipinski definition) is 13. The molecule has 0 bridgehead atoms. The number of nitrogens with zero attached hydrogens (tertiary/aromatic N) is 3. The van der Waals surface area contributed by atoms with Crippen LogP contribution in [-0.2, 0) is 18.3 Å². The van der Waals surface area contributed by atoms with Crippen molar-refractivity contribution < 1.29 is 42.3 Å². The number of halogens is 2. The van der Waals surface area contributed by atoms with Crippen molar-refractivity contribution >= 4 is 42.9 Å². The van der Waals surface area contributed by atoms with Crippen molar-refractivity contribution in [2.75, 3.05) is 18.5 Å². The molecular weight excluding hydrogens is 748 g/mol. The van der Waals surface area contributed by atoms with E-state index in [-0.39, 0.29) is 28.6 Å². The molecule has 0 radical (unpaired) electrons. The molecule has 6 rings (SSSR count). The van der Waals surface area contributed by atoms with Crippen LogP contribution >= 0.6 is 31.2 Å². The Labute approximate surface area is 303 Å². The van der Waals surface area contributed by atoms with Gasteiger partial charge in [0.15, 0.2) is 6.17 Å². The second kappa shape index (κ2) is 15.9. The molecule has 2 aromatic carbocycles. The number of aromatic amines is 1. The molecule has 52 heavy (non-hydrogen) atoms. The average molecular weight is 780 g/mol. The minimum absolute atomic E-state index is 0.00575. The minimum atomic E-state index is -4.89. The van der Waals surface area contributed by atoms with Gasteiger partial charge in [-0.2, -0.15) is 4.98 Å². The van der Waals surface area contributed by atoms with Gasteiger partial charge in [0.2, 0.25) is 0 Å². The Kier molecular flexibility index (Phi) is 11.5. The molecule has 16 nitrogen and oxygen atoms in total. The minimum Gasteiger partial charge on any atom is -0.402 e. The molecule has 0 saturated carbocycles. The molecule has 20 heteroatoms. The average Bonchev–Trinajstić information content (AvgIpc) is 3.64. The standard InChI is InChI=1S/C32H32ClFN5O11PS/c1-17-14-39(32(45)37-28(17)42)25-13-20(41)22(48-25)16-47-51(46,49-21-10-6-5-9-19(21)33)50-27-23(15-40)52-30(26(27)34)38-12-11-24(36-31(38)44)35-29(43)18-7-3-2-4-8-18/h2-12,14,20,22-23,25-27,30,40-41H,13,15-16H2,1H3,(H,37,42,45)(H,35,36,43,44)/t20-,22+,23+,25+,26-,27+,30+,51?/m0/s1. The molecule has 276 valence electrons. The summed E-state index contributed by atoms with van der Waals surface area (Å²) in [5.74, 6) is -0.746. The number of anilines is 1. The summed E-state index contributed by atoms with van der Waals surface area (Å²) in [6.45, 7) is 0.170. The highest BCUT2D eigenvalue weighted by atomic mass is 35.5. The Balaban J connectivity index is 1.20. The first-order valence-electron chi connectivity index (χ1n) is 15.7. The summed E-state index contributed by atoms with van der Waals surface area (Å²) in [4.78, 5) is 55.8. The molecule has 0 aliphatic carbocycles. The van der Waals surface area contributed by atoms with E-state index in [2.05, 4.69) is 15.3 Å². The Morgan fingerprint density at radius 1 is 1.15 bits per heavy atom. The van der Waals surface area contributed by atoms with Gasteiger partial charge in [0.25, 0.3) is 11.5 Å². The van der Waals surface area contributed by atoms with Crippen LogP contribution in [0.15, 0.2) is 87.4 Å². The number of rotatable bonds is 12. The topological polar surface area (TPSA) is 213 Å². The maximum absolute atomic E-state index is 16.3. The lowest BCUT2D eigenvalue weighted by molar-refractivity contribution is -0.0493. The molecule has 4 N–H and O–H groups in total. The Morgan fingerprint density at radius 3 is 2.60 bits per heavy atom. The van der Waals surface area contributed by atoms with Gasteiger partial charge in [-0.25, -0.2) is 18.5 Å². The molecule has 1 amide bonds. The van der Waals surface area contributed by atoms with Crippen LogP contribution in [0.4, 0.5) is 10.2 Å². The molecule has 4 aromatic rings. The summed E-state index contributed by atoms with van der Waals surface area (Å²) >= 11 is 7.05. The number of benzene rings is 2. The fourth-order valence-corrected chi connectivity index (χ4v) is 8.67. The SMILES string of the molecule is Cc1cn([C@H]2C[C@H](O)[C@@H](COP(=O)(Oc3ccccc3Cl)O[C@H]3[C@H](F)[C@H](n4ccc(NC(=O)c5ccccc5)nc4=O)S[C@@H]3CO)O2)c(=O)[nH]c1=O. The van der Waals surface area contributed by atoms with Crippen LogP contribution in [0.25, 0.3) is 0 Å². The number of thioether (sulfide) groups is 1. The van der Waals surface area contributed by atoms with Gasteiger partial charge in [-0.15, -0.1) is 11.8 Å². The number of amides is 1. The Bertz CT molecular complexity index is 2160. The number of aromatic nitrogens is 4. The highest BCUT2D eigenvalue weighted by Crippen LogP contribution is 2.57. The molecular formula is C32H32ClFN5O11PS. The molecule has 8 atom stereocenters. The predicted octanol–water partition coefficient (Wildman–Crippen LogP) is 3.19. The number of ether oxygens (including phenoxy) is 1. The zero-order valence-corrected chi connectivity index (χ0v) is 29.6. The van der Waals surface area contributed by atoms with E-state index in [9.17, 15) is 34.0 Å². The van der Waals surface area contributed by atoms with Gasteiger partial charge in [-0.3, -0.25) is 32.8 Å². The van der Waals surface area contributed by atoms with Crippen molar-refractivity contribution in [1.82, 2.24) is 19.1 Å². The van der Waals surface area contributed by atoms with Crippen molar-refractivity contribution in [3.63, 3.8) is 0 Å². The number of H-pyrrole nitrogens is 1. The third-order valence-corrected chi connectivity index (χ3v) is 11.4. The van der Waals surface area contributed by atoms with Crippen molar-refractivity contribution in [2.45, 2.75) is 54.7 Å². The highest BCUT2D eigenvalue weighted by Gasteiger charge is 2.51. The van der Waals surface area contributed by atoms with Crippen molar-refractivity contribution in [2.24, 2.45) is 0 Å². The summed E-state index contributed by atoms with van der Waals surface area (Å²) in [6.07, 6.45) is -4.84. The van der Waals surface area contributed by atoms with Crippen molar-refractivity contribution in [3.8, 4) is 5.75 Å². The molecule has 2 fully saturated rings. The summed E-state index contributed by atoms with van der Waals surface area (Å²) in [5, 5.41) is 21.0. The quantitative estimate of drug-likeness (QED) is 0.152. The number of carbonyl (C=O) groups is 1. The van der Waals surface area contributed by atoms with Crippen LogP contribution in [0.3, 0.4) is 0 Å². The highest BCUT2D eigenvalue weighted by molar-refractivity contribution is 8.00. The number of hydrogen-bond donors (Lipinski definition) is 4. The van der Waals surface area contributed by atoms with Gasteiger partial charge >= 0.3 is 19.2 Å². The summed E-state index contributed by atoms with van der Waals surface area (Å²) in [6, 6.07) is 15.4. The number of aryl methyl sites for hydroxylation is 1. The number of aliphatic hydroxyl groups excluding tert-OH is 2. The maximum atomic E-state index is 16.3. The number of alkyl halides is 1. The first-order valence-corrected chi connectivity index (χ1v) is 18.5. The molecule has 2 aromatic heterocycles. The normalized spacial score (nSPS) is 25.4. The number of para-hydroxylation sites is 1. The molecule has 2 saturated heterocycles. The largest absolute Gasteiger partial charge is 0.530 e. The van der Waals surface area contributed by atoms with E-state index in [1.165, 1.54) is 43.6 Å². The molecule has 1 unspecified atom stereocenters. The van der Waals surface area contributed by atoms with E-state index >= 15 is 4.39 Å². The number of nitrogens with one attached hydrogen (secondary N) is 2. The van der Waals surface area contributed by atoms with E-state index in [1.54, 1.807) is 36.4 Å². The van der Waals surface area contributed by atoms with Gasteiger partial charge in [0.1, 0.15) is 35.4 Å². The number of aliphatic hydroxyl groups is 2. The lowest BCUT2D eigenvalue weighted by Crippen LogP contribution is -2.36. The third-order valence-electron chi connectivity index (χ3n) is 8.18. The van der Waals surface area contributed by atoms with Gasteiger partial charge in [-0.1, -0.05) is 41.9 Å². The molecule has 2 aliphatic rings. The van der Waals surface area contributed by atoms with Gasteiger partial charge in [0, 0.05) is 29.9 Å². The van der Waals surface area contributed by atoms with Crippen LogP contribution in [0, 0.1) is 6.92 Å². The van der Waals surface area contributed by atoms with Crippen molar-refractivity contribution in [1.29, 1.82) is 0 Å². The smallest absolute Gasteiger partial charge is 0.402 e. The zero-order chi connectivity index (χ0) is 37.2. The zero-order valence-electron chi connectivity index (χ0n) is 27.1. The van der Waals surface area contributed by atoms with Gasteiger partial charge in [-0.05, 0) is 37.3 Å². The lowest BCUT2D eigenvalue weighted by atomic mass is 10.1. The van der Waals surface area contributed by atoms with Crippen LogP contribution < -0.4 is 26.8 Å². The monoisotopic (exact) mass is 779 g/mol. The number of phosphoric ester groups is 1. The van der Waals surface area contributed by atoms with E-state index in [1.807, 2.05) is 0 Å². The van der Waals surface area contributed by atoms with Crippen molar-refractivity contribution in [3.05, 3.63) is 121 Å². The summed E-state index contributed by atoms with van der Waals surface area (Å²) in [5.41, 5.74) is -1.73. The van der Waals surface area contributed by atoms with Crippen LogP contribution in [0.1, 0.15) is 33.9 Å². The summed E-state index contributed by atoms with van der Waals surface area (Å²) < 4.78 is 55.3. The predicted molar refractivity (Wildman–Crippen MR) is 186 cm³/mol. The van der Waals surface area contributed by atoms with Crippen LogP contribution in [0.2, 0.25) is 5.02 Å². The first kappa shape index (κ1) is 37.6. The maximum Gasteiger partial charge on any atom is 0.530 e. The van der Waals surface area contributed by atoms with Crippen LogP contribution in [0.5, 0.6) is 5.75 Å². The van der Waals surface area contributed by atoms with E-state index in [0.717, 1.165) is 20.9 Å². The Hall–Kier alpha value is -4.13. The van der Waals surface area contributed by atoms with Crippen LogP contribution in [-0.4, -0.2) is 78.2 Å². The fraction of sp³-hybridized carbons (Fsp3) is 0.344. The van der Waals surface area contributed by atoms with E-state index in [4.69, 9.17) is 29.9 Å². The molecule has 0 spiro atoms. The number of phosphoric acid groups is 1. The second-order valence-electron chi connectivity index (χ2n) is 11.8. The van der Waals surface area contributed by atoms with Gasteiger partial charge in [0.05, 0.1) is 29.6 Å². The van der Waals surface area contributed by atoms with E-state index < -0.39 is 85.2 Å². The van der Waals surface area contributed by atoms with Gasteiger partial charge < -0.3 is 24.8 Å². The Morgan fingerprint density at radius 2 is 1.88 bits per heavy atom. The molecule has 2 aliphatic heterocycles. The van der Waals surface area contributed by atoms with E-state index in [0.29, 0.717) is 5.56 Å².